The van der Waals surface area contributed by atoms with Crippen molar-refractivity contribution in [2.75, 3.05) is 11.4 Å². The summed E-state index contributed by atoms with van der Waals surface area (Å²) in [5, 5.41) is 1.05. The molecule has 3 aromatic rings. The van der Waals surface area contributed by atoms with Crippen LogP contribution in [0.4, 0.5) is 5.69 Å². The number of rotatable bonds is 5. The Hall–Kier alpha value is -2.66. The number of hydrogen-bond donors (Lipinski definition) is 0. The quantitative estimate of drug-likeness (QED) is 0.601. The molecule has 1 amide bonds. The molecule has 2 aromatic carbocycles. The van der Waals surface area contributed by atoms with E-state index in [-0.39, 0.29) is 5.91 Å². The minimum Gasteiger partial charge on any atom is -0.478 e. The number of thiazole rings is 1. The molecule has 0 aliphatic carbocycles. The molecule has 1 aliphatic rings. The van der Waals surface area contributed by atoms with Crippen LogP contribution in [-0.2, 0) is 11.2 Å². The number of aromatic nitrogens is 1. The molecule has 1 aromatic heterocycles. The molecule has 0 saturated heterocycles. The largest absolute Gasteiger partial charge is 0.478 e. The Bertz CT molecular complexity index is 997. The van der Waals surface area contributed by atoms with E-state index >= 15 is 0 Å². The van der Waals surface area contributed by atoms with Gasteiger partial charge in [-0.15, -0.1) is 11.3 Å². The van der Waals surface area contributed by atoms with Crippen LogP contribution in [0.15, 0.2) is 48.5 Å². The van der Waals surface area contributed by atoms with Crippen LogP contribution in [0.25, 0.3) is 11.3 Å². The zero-order valence-electron chi connectivity index (χ0n) is 16.4. The lowest BCUT2D eigenvalue weighted by molar-refractivity contribution is -0.126. The highest BCUT2D eigenvalue weighted by molar-refractivity contribution is 7.11. The summed E-state index contributed by atoms with van der Waals surface area (Å²) in [7, 11) is 0. The monoisotopic (exact) mass is 392 g/mol. The standard InChI is InChI=1S/C23H24N2O2S/c1-4-20-23(26)25(13-12-17-8-6-5-7-9-17)19-14-18(10-11-21(19)27-20)22-15(2)28-16(3)24-22/h5-11,14,20H,4,12-13H2,1-3H3. The van der Waals surface area contributed by atoms with E-state index in [1.807, 2.05) is 55.1 Å². The highest BCUT2D eigenvalue weighted by Crippen LogP contribution is 2.39. The summed E-state index contributed by atoms with van der Waals surface area (Å²) in [6, 6.07) is 16.3. The lowest BCUT2D eigenvalue weighted by atomic mass is 10.0. The van der Waals surface area contributed by atoms with E-state index in [2.05, 4.69) is 24.0 Å². The third kappa shape index (κ3) is 3.54. The molecule has 28 heavy (non-hydrogen) atoms. The number of amides is 1. The Labute approximate surface area is 169 Å². The second-order valence-electron chi connectivity index (χ2n) is 7.06. The number of fused-ring (bicyclic) bond motifs is 1. The fourth-order valence-electron chi connectivity index (χ4n) is 3.64. The van der Waals surface area contributed by atoms with Gasteiger partial charge in [-0.2, -0.15) is 0 Å². The van der Waals surface area contributed by atoms with Crippen LogP contribution in [0.5, 0.6) is 5.75 Å². The molecule has 1 atom stereocenters. The van der Waals surface area contributed by atoms with E-state index in [1.165, 1.54) is 10.4 Å². The average molecular weight is 393 g/mol. The normalized spacial score (nSPS) is 16.0. The average Bonchev–Trinajstić information content (AvgIpc) is 3.05. The van der Waals surface area contributed by atoms with Crippen LogP contribution in [0.2, 0.25) is 0 Å². The molecular weight excluding hydrogens is 368 g/mol. The van der Waals surface area contributed by atoms with Crippen molar-refractivity contribution in [3.8, 4) is 17.0 Å². The van der Waals surface area contributed by atoms with Crippen LogP contribution < -0.4 is 9.64 Å². The zero-order valence-corrected chi connectivity index (χ0v) is 17.3. The number of carbonyl (C=O) groups excluding carboxylic acids is 1. The molecule has 1 unspecified atom stereocenters. The van der Waals surface area contributed by atoms with E-state index in [0.717, 1.165) is 34.1 Å². The van der Waals surface area contributed by atoms with E-state index in [9.17, 15) is 4.79 Å². The number of anilines is 1. The summed E-state index contributed by atoms with van der Waals surface area (Å²) in [5.41, 5.74) is 4.07. The Balaban J connectivity index is 1.70. The second kappa shape index (κ2) is 7.76. The van der Waals surface area contributed by atoms with Gasteiger partial charge in [0.1, 0.15) is 5.75 Å². The Kier molecular flexibility index (Phi) is 5.18. The number of carbonyl (C=O) groups is 1. The molecule has 0 N–H and O–H groups in total. The first-order valence-corrected chi connectivity index (χ1v) is 10.5. The van der Waals surface area contributed by atoms with Gasteiger partial charge < -0.3 is 9.64 Å². The highest BCUT2D eigenvalue weighted by atomic mass is 32.1. The van der Waals surface area contributed by atoms with Crippen LogP contribution >= 0.6 is 11.3 Å². The van der Waals surface area contributed by atoms with Crippen molar-refractivity contribution in [1.82, 2.24) is 4.98 Å². The maximum Gasteiger partial charge on any atom is 0.268 e. The number of benzene rings is 2. The van der Waals surface area contributed by atoms with Crippen LogP contribution in [0.3, 0.4) is 0 Å². The van der Waals surface area contributed by atoms with E-state index in [4.69, 9.17) is 4.74 Å². The molecule has 2 heterocycles. The minimum atomic E-state index is -0.419. The molecule has 4 rings (SSSR count). The lowest BCUT2D eigenvalue weighted by Crippen LogP contribution is -2.46. The lowest BCUT2D eigenvalue weighted by Gasteiger charge is -2.34. The van der Waals surface area contributed by atoms with E-state index in [0.29, 0.717) is 13.0 Å². The fraction of sp³-hybridized carbons (Fsp3) is 0.304. The summed E-state index contributed by atoms with van der Waals surface area (Å²) in [5.74, 6) is 0.808. The predicted octanol–water partition coefficient (Wildman–Crippen LogP) is 5.17. The maximum atomic E-state index is 13.0. The van der Waals surface area contributed by atoms with Gasteiger partial charge in [-0.1, -0.05) is 37.3 Å². The van der Waals surface area contributed by atoms with Gasteiger partial charge in [-0.25, -0.2) is 4.98 Å². The SMILES string of the molecule is CCC1Oc2ccc(-c3nc(C)sc3C)cc2N(CCc2ccccc2)C1=O. The number of ether oxygens (including phenoxy) is 1. The number of hydrogen-bond acceptors (Lipinski definition) is 4. The van der Waals surface area contributed by atoms with Gasteiger partial charge in [0.25, 0.3) is 5.91 Å². The molecule has 0 radical (unpaired) electrons. The predicted molar refractivity (Wildman–Crippen MR) is 114 cm³/mol. The van der Waals surface area contributed by atoms with Gasteiger partial charge in [0.2, 0.25) is 0 Å². The first kappa shape index (κ1) is 18.7. The van der Waals surface area contributed by atoms with E-state index < -0.39 is 6.10 Å². The van der Waals surface area contributed by atoms with Crippen molar-refractivity contribution in [3.05, 3.63) is 64.0 Å². The third-order valence-corrected chi connectivity index (χ3v) is 5.96. The van der Waals surface area contributed by atoms with Crippen molar-refractivity contribution in [2.24, 2.45) is 0 Å². The van der Waals surface area contributed by atoms with Crippen LogP contribution in [0, 0.1) is 13.8 Å². The van der Waals surface area contributed by atoms with Gasteiger partial charge in [0.05, 0.1) is 16.4 Å². The fourth-order valence-corrected chi connectivity index (χ4v) is 4.48. The first-order chi connectivity index (χ1) is 13.6. The van der Waals surface area contributed by atoms with Gasteiger partial charge in [-0.05, 0) is 50.5 Å². The molecule has 144 valence electrons. The summed E-state index contributed by atoms with van der Waals surface area (Å²) in [4.78, 5) is 20.8. The molecule has 5 heteroatoms. The highest BCUT2D eigenvalue weighted by Gasteiger charge is 2.33. The Morgan fingerprint density at radius 1 is 1.14 bits per heavy atom. The number of aryl methyl sites for hydroxylation is 2. The third-order valence-electron chi connectivity index (χ3n) is 5.08. The second-order valence-corrected chi connectivity index (χ2v) is 8.47. The Morgan fingerprint density at radius 3 is 2.61 bits per heavy atom. The molecule has 0 bridgehead atoms. The van der Waals surface area contributed by atoms with Crippen molar-refractivity contribution < 1.29 is 9.53 Å². The minimum absolute atomic E-state index is 0.0364. The summed E-state index contributed by atoms with van der Waals surface area (Å²) >= 11 is 1.69. The zero-order chi connectivity index (χ0) is 19.7. The molecule has 0 spiro atoms. The molecule has 1 aliphatic heterocycles. The van der Waals surface area contributed by atoms with Crippen LogP contribution in [0.1, 0.15) is 28.8 Å². The molecule has 4 nitrogen and oxygen atoms in total. The van der Waals surface area contributed by atoms with Crippen LogP contribution in [-0.4, -0.2) is 23.5 Å². The maximum absolute atomic E-state index is 13.0. The van der Waals surface area contributed by atoms with Gasteiger partial charge in [-0.3, -0.25) is 4.79 Å². The van der Waals surface area contributed by atoms with Crippen molar-refractivity contribution in [2.45, 2.75) is 39.7 Å². The molecule has 0 saturated carbocycles. The van der Waals surface area contributed by atoms with Gasteiger partial charge in [0, 0.05) is 17.0 Å². The van der Waals surface area contributed by atoms with Gasteiger partial charge >= 0.3 is 0 Å². The summed E-state index contributed by atoms with van der Waals surface area (Å²) < 4.78 is 5.99. The van der Waals surface area contributed by atoms with Crippen molar-refractivity contribution in [1.29, 1.82) is 0 Å². The van der Waals surface area contributed by atoms with E-state index in [1.54, 1.807) is 11.3 Å². The molecular formula is C23H24N2O2S. The topological polar surface area (TPSA) is 42.4 Å². The van der Waals surface area contributed by atoms with Crippen molar-refractivity contribution in [3.63, 3.8) is 0 Å². The summed E-state index contributed by atoms with van der Waals surface area (Å²) in [6.45, 7) is 6.72. The smallest absolute Gasteiger partial charge is 0.268 e. The van der Waals surface area contributed by atoms with Gasteiger partial charge in [0.15, 0.2) is 6.10 Å². The van der Waals surface area contributed by atoms with Crippen molar-refractivity contribution >= 4 is 22.9 Å². The summed E-state index contributed by atoms with van der Waals surface area (Å²) in [6.07, 6.45) is 1.05. The Morgan fingerprint density at radius 2 is 1.93 bits per heavy atom. The first-order valence-electron chi connectivity index (χ1n) is 9.67. The number of nitrogens with zero attached hydrogens (tertiary/aromatic N) is 2. The molecule has 0 fully saturated rings.